The fourth-order valence-corrected chi connectivity index (χ4v) is 2.66. The summed E-state index contributed by atoms with van der Waals surface area (Å²) in [5.74, 6) is 0.576. The number of carbonyl (C=O) groups is 1. The SMILES string of the molecule is COc1ccc(NC(=O)/C=C/c2ccc(OCc3ccccc3)cc2)c([N+](=O)[O-])c1. The number of hydrogen-bond donors (Lipinski definition) is 1. The van der Waals surface area contributed by atoms with Crippen molar-refractivity contribution in [3.63, 3.8) is 0 Å². The molecule has 0 aromatic heterocycles. The lowest BCUT2D eigenvalue weighted by atomic mass is 10.2. The average Bonchev–Trinajstić information content (AvgIpc) is 2.78. The van der Waals surface area contributed by atoms with Gasteiger partial charge in [-0.1, -0.05) is 42.5 Å². The third-order valence-corrected chi connectivity index (χ3v) is 4.22. The highest BCUT2D eigenvalue weighted by atomic mass is 16.6. The normalized spacial score (nSPS) is 10.6. The first-order valence-corrected chi connectivity index (χ1v) is 9.13. The predicted molar refractivity (Wildman–Crippen MR) is 115 cm³/mol. The molecule has 0 aliphatic rings. The van der Waals surface area contributed by atoms with Crippen LogP contribution < -0.4 is 14.8 Å². The van der Waals surface area contributed by atoms with Gasteiger partial charge in [-0.15, -0.1) is 0 Å². The van der Waals surface area contributed by atoms with Gasteiger partial charge in [0.25, 0.3) is 5.69 Å². The van der Waals surface area contributed by atoms with Gasteiger partial charge in [0.05, 0.1) is 18.1 Å². The van der Waals surface area contributed by atoms with E-state index in [1.165, 1.54) is 25.3 Å². The minimum absolute atomic E-state index is 0.0973. The number of nitro benzene ring substituents is 1. The van der Waals surface area contributed by atoms with Crippen LogP contribution in [-0.4, -0.2) is 17.9 Å². The van der Waals surface area contributed by atoms with E-state index in [0.29, 0.717) is 18.1 Å². The van der Waals surface area contributed by atoms with Gasteiger partial charge in [0.15, 0.2) is 0 Å². The summed E-state index contributed by atoms with van der Waals surface area (Å²) in [4.78, 5) is 22.8. The van der Waals surface area contributed by atoms with Crippen LogP contribution in [0.4, 0.5) is 11.4 Å². The molecule has 0 spiro atoms. The van der Waals surface area contributed by atoms with Crippen molar-refractivity contribution in [2.45, 2.75) is 6.61 Å². The Morgan fingerprint density at radius 2 is 1.73 bits per heavy atom. The van der Waals surface area contributed by atoms with Gasteiger partial charge in [0.1, 0.15) is 23.8 Å². The van der Waals surface area contributed by atoms with Crippen molar-refractivity contribution < 1.29 is 19.2 Å². The molecule has 0 radical (unpaired) electrons. The summed E-state index contributed by atoms with van der Waals surface area (Å²) in [6.45, 7) is 0.471. The maximum atomic E-state index is 12.2. The molecule has 0 fully saturated rings. The number of hydrogen-bond acceptors (Lipinski definition) is 5. The molecule has 0 unspecified atom stereocenters. The first-order valence-electron chi connectivity index (χ1n) is 9.13. The van der Waals surface area contributed by atoms with Gasteiger partial charge < -0.3 is 14.8 Å². The highest BCUT2D eigenvalue weighted by molar-refractivity contribution is 6.03. The van der Waals surface area contributed by atoms with Crippen LogP contribution in [0.1, 0.15) is 11.1 Å². The lowest BCUT2D eigenvalue weighted by Gasteiger charge is -2.07. The Morgan fingerprint density at radius 1 is 1.03 bits per heavy atom. The smallest absolute Gasteiger partial charge is 0.296 e. The summed E-state index contributed by atoms with van der Waals surface area (Å²) in [7, 11) is 1.41. The van der Waals surface area contributed by atoms with E-state index in [2.05, 4.69) is 5.32 Å². The van der Waals surface area contributed by atoms with Gasteiger partial charge in [-0.3, -0.25) is 14.9 Å². The molecule has 30 heavy (non-hydrogen) atoms. The van der Waals surface area contributed by atoms with E-state index in [-0.39, 0.29) is 11.4 Å². The van der Waals surface area contributed by atoms with E-state index in [1.54, 1.807) is 12.1 Å². The van der Waals surface area contributed by atoms with Crippen molar-refractivity contribution in [1.82, 2.24) is 0 Å². The monoisotopic (exact) mass is 404 g/mol. The van der Waals surface area contributed by atoms with Gasteiger partial charge in [-0.2, -0.15) is 0 Å². The van der Waals surface area contributed by atoms with E-state index >= 15 is 0 Å². The summed E-state index contributed by atoms with van der Waals surface area (Å²) in [6.07, 6.45) is 2.93. The molecule has 7 nitrogen and oxygen atoms in total. The van der Waals surface area contributed by atoms with Gasteiger partial charge in [-0.25, -0.2) is 0 Å². The summed E-state index contributed by atoms with van der Waals surface area (Å²) < 4.78 is 10.7. The second-order valence-corrected chi connectivity index (χ2v) is 6.31. The van der Waals surface area contributed by atoms with Crippen LogP contribution in [0, 0.1) is 10.1 Å². The number of benzene rings is 3. The molecule has 7 heteroatoms. The molecule has 1 amide bonds. The quantitative estimate of drug-likeness (QED) is 0.330. The molecular weight excluding hydrogens is 384 g/mol. The van der Waals surface area contributed by atoms with Crippen molar-refractivity contribution in [1.29, 1.82) is 0 Å². The van der Waals surface area contributed by atoms with E-state index in [0.717, 1.165) is 11.1 Å². The van der Waals surface area contributed by atoms with E-state index in [9.17, 15) is 14.9 Å². The molecule has 0 aliphatic carbocycles. The summed E-state index contributed by atoms with van der Waals surface area (Å²) >= 11 is 0. The van der Waals surface area contributed by atoms with Crippen LogP contribution >= 0.6 is 0 Å². The molecule has 0 saturated heterocycles. The number of nitrogens with one attached hydrogen (secondary N) is 1. The number of methoxy groups -OCH3 is 1. The van der Waals surface area contributed by atoms with E-state index in [4.69, 9.17) is 9.47 Å². The van der Waals surface area contributed by atoms with E-state index in [1.807, 2.05) is 54.6 Å². The molecule has 152 valence electrons. The number of rotatable bonds is 8. The molecule has 0 saturated carbocycles. The lowest BCUT2D eigenvalue weighted by Crippen LogP contribution is -2.09. The number of nitrogens with zero attached hydrogens (tertiary/aromatic N) is 1. The van der Waals surface area contributed by atoms with Crippen LogP contribution in [0.5, 0.6) is 11.5 Å². The largest absolute Gasteiger partial charge is 0.496 e. The molecule has 0 atom stereocenters. The third kappa shape index (κ3) is 5.68. The summed E-state index contributed by atoms with van der Waals surface area (Å²) in [5.41, 5.74) is 1.73. The third-order valence-electron chi connectivity index (χ3n) is 4.22. The number of anilines is 1. The number of nitro groups is 1. The maximum Gasteiger partial charge on any atom is 0.296 e. The Balaban J connectivity index is 1.59. The minimum Gasteiger partial charge on any atom is -0.496 e. The second-order valence-electron chi connectivity index (χ2n) is 6.31. The highest BCUT2D eigenvalue weighted by Crippen LogP contribution is 2.29. The lowest BCUT2D eigenvalue weighted by molar-refractivity contribution is -0.384. The summed E-state index contributed by atoms with van der Waals surface area (Å²) in [5, 5.41) is 13.7. The molecule has 0 bridgehead atoms. The zero-order valence-corrected chi connectivity index (χ0v) is 16.3. The van der Waals surface area contributed by atoms with Gasteiger partial charge >= 0.3 is 0 Å². The molecule has 3 aromatic rings. The Labute approximate surface area is 173 Å². The Kier molecular flexibility index (Phi) is 6.78. The van der Waals surface area contributed by atoms with Gasteiger partial charge in [-0.05, 0) is 41.5 Å². The predicted octanol–water partition coefficient (Wildman–Crippen LogP) is 4.83. The van der Waals surface area contributed by atoms with Crippen LogP contribution in [0.2, 0.25) is 0 Å². The molecular formula is C23H20N2O5. The Bertz CT molecular complexity index is 1050. The number of ether oxygens (including phenoxy) is 2. The molecule has 1 N–H and O–H groups in total. The molecule has 3 rings (SSSR count). The van der Waals surface area contributed by atoms with Crippen LogP contribution in [-0.2, 0) is 11.4 Å². The molecule has 3 aromatic carbocycles. The standard InChI is InChI=1S/C23H20N2O5/c1-29-20-12-13-21(22(15-20)25(27)28)24-23(26)14-9-17-7-10-19(11-8-17)30-16-18-5-3-2-4-6-18/h2-15H,16H2,1H3,(H,24,26)/b14-9+. The molecule has 0 heterocycles. The van der Waals surface area contributed by atoms with Crippen LogP contribution in [0.25, 0.3) is 6.08 Å². The summed E-state index contributed by atoms with van der Waals surface area (Å²) in [6, 6.07) is 21.3. The Hall–Kier alpha value is -4.13. The Morgan fingerprint density at radius 3 is 2.40 bits per heavy atom. The zero-order chi connectivity index (χ0) is 21.3. The fourth-order valence-electron chi connectivity index (χ4n) is 2.66. The number of carbonyl (C=O) groups excluding carboxylic acids is 1. The topological polar surface area (TPSA) is 90.7 Å². The maximum absolute atomic E-state index is 12.2. The molecule has 0 aliphatic heterocycles. The van der Waals surface area contributed by atoms with E-state index < -0.39 is 10.8 Å². The fraction of sp³-hybridized carbons (Fsp3) is 0.0870. The second kappa shape index (κ2) is 9.88. The van der Waals surface area contributed by atoms with Crippen LogP contribution in [0.3, 0.4) is 0 Å². The van der Waals surface area contributed by atoms with Crippen molar-refractivity contribution in [3.8, 4) is 11.5 Å². The minimum atomic E-state index is -0.573. The first-order chi connectivity index (χ1) is 14.5. The van der Waals surface area contributed by atoms with Crippen molar-refractivity contribution >= 4 is 23.4 Å². The zero-order valence-electron chi connectivity index (χ0n) is 16.3. The highest BCUT2D eigenvalue weighted by Gasteiger charge is 2.16. The van der Waals surface area contributed by atoms with Crippen LogP contribution in [0.15, 0.2) is 78.9 Å². The van der Waals surface area contributed by atoms with Gasteiger partial charge in [0, 0.05) is 6.08 Å². The van der Waals surface area contributed by atoms with Crippen molar-refractivity contribution in [3.05, 3.63) is 100 Å². The first kappa shape index (κ1) is 20.6. The van der Waals surface area contributed by atoms with Crippen molar-refractivity contribution in [2.24, 2.45) is 0 Å². The van der Waals surface area contributed by atoms with Crippen molar-refractivity contribution in [2.75, 3.05) is 12.4 Å². The number of amides is 1. The average molecular weight is 404 g/mol. The van der Waals surface area contributed by atoms with Gasteiger partial charge in [0.2, 0.25) is 5.91 Å².